The van der Waals surface area contributed by atoms with E-state index in [1.54, 1.807) is 19.2 Å². The van der Waals surface area contributed by atoms with E-state index in [0.29, 0.717) is 45.2 Å². The van der Waals surface area contributed by atoms with Crippen LogP contribution in [0.1, 0.15) is 24.0 Å². The number of nitrogens with zero attached hydrogens (tertiary/aromatic N) is 2. The van der Waals surface area contributed by atoms with Gasteiger partial charge in [-0.3, -0.25) is 10.7 Å². The third-order valence-corrected chi connectivity index (χ3v) is 6.13. The van der Waals surface area contributed by atoms with Gasteiger partial charge in [-0.15, -0.1) is 0 Å². The molecular formula is C24H22BrN5O4. The number of nitrogens with one attached hydrogen (secondary N) is 3. The molecule has 4 rings (SSSR count). The molecule has 0 fully saturated rings. The Kier molecular flexibility index (Phi) is 6.56. The standard InChI is InChI=1S/C24H22BrN5O4/c1-4-28-24(31)30-18-8-6-12-5-7-14-19(13-9-16(25)22(33-3)17(10-13)32-2)15(11-26)23(27)34-21(14)20(12)29-18/h5-10,15,19,27H,4H2,1-3H3,(H2,28,29,30,31). The fraction of sp³-hybridized carbons (Fsp3) is 0.250. The van der Waals surface area contributed by atoms with Crippen molar-refractivity contribution >= 4 is 44.6 Å². The van der Waals surface area contributed by atoms with Crippen LogP contribution >= 0.6 is 15.9 Å². The molecule has 34 heavy (non-hydrogen) atoms. The molecule has 1 aliphatic heterocycles. The maximum atomic E-state index is 12.0. The van der Waals surface area contributed by atoms with E-state index in [9.17, 15) is 10.1 Å². The largest absolute Gasteiger partial charge is 0.493 e. The van der Waals surface area contributed by atoms with Crippen LogP contribution in [-0.2, 0) is 0 Å². The van der Waals surface area contributed by atoms with Crippen molar-refractivity contribution in [2.45, 2.75) is 12.8 Å². The Balaban J connectivity index is 1.89. The number of anilines is 1. The summed E-state index contributed by atoms with van der Waals surface area (Å²) in [6, 6.07) is 12.8. The topological polar surface area (TPSA) is 129 Å². The Morgan fingerprint density at radius 1 is 1.26 bits per heavy atom. The fourth-order valence-corrected chi connectivity index (χ4v) is 4.67. The molecule has 1 aromatic heterocycles. The monoisotopic (exact) mass is 523 g/mol. The number of halogens is 1. The van der Waals surface area contributed by atoms with Gasteiger partial charge in [-0.25, -0.2) is 9.78 Å². The van der Waals surface area contributed by atoms with Crippen LogP contribution in [0.15, 0.2) is 40.9 Å². The number of ether oxygens (including phenoxy) is 3. The maximum absolute atomic E-state index is 12.0. The van der Waals surface area contributed by atoms with Gasteiger partial charge in [-0.2, -0.15) is 5.26 Å². The summed E-state index contributed by atoms with van der Waals surface area (Å²) in [7, 11) is 3.08. The second-order valence-electron chi connectivity index (χ2n) is 7.53. The van der Waals surface area contributed by atoms with Crippen molar-refractivity contribution in [2.75, 3.05) is 26.1 Å². The Labute approximate surface area is 204 Å². The van der Waals surface area contributed by atoms with E-state index in [2.05, 4.69) is 37.6 Å². The summed E-state index contributed by atoms with van der Waals surface area (Å²) in [5, 5.41) is 24.5. The predicted octanol–water partition coefficient (Wildman–Crippen LogP) is 4.80. The quantitative estimate of drug-likeness (QED) is 0.440. The lowest BCUT2D eigenvalue weighted by atomic mass is 9.78. The van der Waals surface area contributed by atoms with E-state index in [1.807, 2.05) is 31.2 Å². The molecule has 2 aromatic carbocycles. The van der Waals surface area contributed by atoms with Gasteiger partial charge in [0.05, 0.1) is 24.8 Å². The molecule has 174 valence electrons. The molecule has 2 atom stereocenters. The zero-order valence-electron chi connectivity index (χ0n) is 18.7. The van der Waals surface area contributed by atoms with Crippen molar-refractivity contribution in [3.8, 4) is 23.3 Å². The van der Waals surface area contributed by atoms with Gasteiger partial charge in [0.15, 0.2) is 17.2 Å². The molecule has 3 aromatic rings. The fourth-order valence-electron chi connectivity index (χ4n) is 4.05. The number of aromatic nitrogens is 1. The predicted molar refractivity (Wildman–Crippen MR) is 131 cm³/mol. The summed E-state index contributed by atoms with van der Waals surface area (Å²) in [5.41, 5.74) is 1.94. The molecule has 2 unspecified atom stereocenters. The molecule has 0 saturated heterocycles. The minimum absolute atomic E-state index is 0.178. The van der Waals surface area contributed by atoms with Gasteiger partial charge in [0.1, 0.15) is 17.3 Å². The number of hydrogen-bond donors (Lipinski definition) is 3. The van der Waals surface area contributed by atoms with Crippen molar-refractivity contribution in [1.29, 1.82) is 10.7 Å². The summed E-state index contributed by atoms with van der Waals surface area (Å²) in [6.07, 6.45) is 0. The average Bonchev–Trinajstić information content (AvgIpc) is 2.82. The van der Waals surface area contributed by atoms with Crippen LogP contribution < -0.4 is 24.8 Å². The zero-order chi connectivity index (χ0) is 24.4. The molecule has 0 aliphatic carbocycles. The highest BCUT2D eigenvalue weighted by Gasteiger charge is 2.38. The van der Waals surface area contributed by atoms with Crippen molar-refractivity contribution in [3.63, 3.8) is 0 Å². The van der Waals surface area contributed by atoms with Crippen LogP contribution in [0.5, 0.6) is 17.2 Å². The molecule has 2 heterocycles. The minimum Gasteiger partial charge on any atom is -0.493 e. The molecule has 0 spiro atoms. The maximum Gasteiger partial charge on any atom is 0.320 e. The van der Waals surface area contributed by atoms with Gasteiger partial charge < -0.3 is 19.5 Å². The first kappa shape index (κ1) is 23.3. The van der Waals surface area contributed by atoms with Crippen molar-refractivity contribution in [2.24, 2.45) is 5.92 Å². The highest BCUT2D eigenvalue weighted by atomic mass is 79.9. The first-order valence-electron chi connectivity index (χ1n) is 10.5. The lowest BCUT2D eigenvalue weighted by Gasteiger charge is -2.31. The number of amides is 2. The van der Waals surface area contributed by atoms with Crippen LogP contribution in [-0.4, -0.2) is 37.7 Å². The Morgan fingerprint density at radius 2 is 2.03 bits per heavy atom. The molecule has 10 heteroatoms. The van der Waals surface area contributed by atoms with Crippen LogP contribution in [0.4, 0.5) is 10.6 Å². The number of rotatable bonds is 5. The second kappa shape index (κ2) is 9.57. The van der Waals surface area contributed by atoms with E-state index >= 15 is 0 Å². The third kappa shape index (κ3) is 4.10. The normalized spacial score (nSPS) is 16.7. The molecule has 9 nitrogen and oxygen atoms in total. The zero-order valence-corrected chi connectivity index (χ0v) is 20.3. The van der Waals surface area contributed by atoms with Gasteiger partial charge in [0.25, 0.3) is 0 Å². The number of hydrogen-bond acceptors (Lipinski definition) is 7. The molecule has 3 N–H and O–H groups in total. The van der Waals surface area contributed by atoms with Crippen LogP contribution in [0.3, 0.4) is 0 Å². The number of fused-ring (bicyclic) bond motifs is 3. The summed E-state index contributed by atoms with van der Waals surface area (Å²) < 4.78 is 17.4. The van der Waals surface area contributed by atoms with E-state index in [1.165, 1.54) is 7.11 Å². The Bertz CT molecular complexity index is 1340. The molecular weight excluding hydrogens is 502 g/mol. The molecule has 0 radical (unpaired) electrons. The highest BCUT2D eigenvalue weighted by Crippen LogP contribution is 2.48. The summed E-state index contributed by atoms with van der Waals surface area (Å²) in [4.78, 5) is 16.5. The lowest BCUT2D eigenvalue weighted by Crippen LogP contribution is -2.31. The number of nitriles is 1. The van der Waals surface area contributed by atoms with Crippen molar-refractivity contribution in [1.82, 2.24) is 10.3 Å². The van der Waals surface area contributed by atoms with E-state index in [0.717, 1.165) is 10.9 Å². The van der Waals surface area contributed by atoms with Gasteiger partial charge in [-0.05, 0) is 52.7 Å². The average molecular weight is 524 g/mol. The minimum atomic E-state index is -0.855. The summed E-state index contributed by atoms with van der Waals surface area (Å²) in [6.45, 7) is 2.30. The number of urea groups is 1. The first-order chi connectivity index (χ1) is 16.4. The smallest absolute Gasteiger partial charge is 0.320 e. The van der Waals surface area contributed by atoms with Crippen molar-refractivity contribution < 1.29 is 19.0 Å². The second-order valence-corrected chi connectivity index (χ2v) is 8.38. The van der Waals surface area contributed by atoms with Gasteiger partial charge >= 0.3 is 6.03 Å². The highest BCUT2D eigenvalue weighted by molar-refractivity contribution is 9.10. The number of methoxy groups -OCH3 is 2. The number of pyridine rings is 1. The lowest BCUT2D eigenvalue weighted by molar-refractivity contribution is 0.252. The number of carbonyl (C=O) groups excluding carboxylic acids is 1. The first-order valence-corrected chi connectivity index (χ1v) is 11.3. The van der Waals surface area contributed by atoms with Crippen LogP contribution in [0.25, 0.3) is 10.9 Å². The molecule has 1 aliphatic rings. The van der Waals surface area contributed by atoms with Gasteiger partial charge in [0.2, 0.25) is 5.90 Å². The van der Waals surface area contributed by atoms with E-state index < -0.39 is 11.8 Å². The number of benzene rings is 2. The molecule has 0 saturated carbocycles. The van der Waals surface area contributed by atoms with Gasteiger partial charge in [0, 0.05) is 23.4 Å². The van der Waals surface area contributed by atoms with E-state index in [4.69, 9.17) is 19.6 Å². The summed E-state index contributed by atoms with van der Waals surface area (Å²) >= 11 is 3.52. The van der Waals surface area contributed by atoms with Gasteiger partial charge in [-0.1, -0.05) is 12.1 Å². The van der Waals surface area contributed by atoms with E-state index in [-0.39, 0.29) is 11.9 Å². The SMILES string of the molecule is CCNC(=O)Nc1ccc2ccc3c(c2n1)OC(=N)C(C#N)C3c1cc(Br)c(OC)c(OC)c1. The molecule has 0 bridgehead atoms. The van der Waals surface area contributed by atoms with Crippen LogP contribution in [0.2, 0.25) is 0 Å². The number of carbonyl (C=O) groups is 1. The molecule has 2 amide bonds. The van der Waals surface area contributed by atoms with Crippen LogP contribution in [0, 0.1) is 22.7 Å². The Morgan fingerprint density at radius 3 is 2.71 bits per heavy atom. The third-order valence-electron chi connectivity index (χ3n) is 5.54. The van der Waals surface area contributed by atoms with Crippen molar-refractivity contribution in [3.05, 3.63) is 52.0 Å². The summed E-state index contributed by atoms with van der Waals surface area (Å²) in [5.74, 6) is 0.204. The Hall–Kier alpha value is -3.84.